The van der Waals surface area contributed by atoms with E-state index in [1.54, 1.807) is 0 Å². The van der Waals surface area contributed by atoms with Crippen molar-refractivity contribution in [2.75, 3.05) is 13.7 Å². The smallest absolute Gasteiger partial charge is 0.328 e. The van der Waals surface area contributed by atoms with Crippen molar-refractivity contribution in [1.29, 1.82) is 0 Å². The van der Waals surface area contributed by atoms with Gasteiger partial charge in [-0.05, 0) is 18.1 Å². The Morgan fingerprint density at radius 2 is 1.91 bits per heavy atom. The molecule has 1 aromatic rings. The van der Waals surface area contributed by atoms with Crippen LogP contribution >= 0.6 is 0 Å². The molecule has 0 bridgehead atoms. The molecule has 1 rings (SSSR count). The first-order valence-corrected chi connectivity index (χ1v) is 7.13. The van der Waals surface area contributed by atoms with Crippen molar-refractivity contribution in [3.8, 4) is 5.75 Å². The van der Waals surface area contributed by atoms with Gasteiger partial charge in [-0.25, -0.2) is 4.79 Å². The van der Waals surface area contributed by atoms with Gasteiger partial charge in [0.05, 0.1) is 12.0 Å². The number of methoxy groups -OCH3 is 1. The summed E-state index contributed by atoms with van der Waals surface area (Å²) in [6, 6.07) is 4.63. The summed E-state index contributed by atoms with van der Waals surface area (Å²) in [6.07, 6.45) is 0.698. The van der Waals surface area contributed by atoms with Crippen molar-refractivity contribution in [3.63, 3.8) is 0 Å². The van der Waals surface area contributed by atoms with E-state index in [0.29, 0.717) is 12.2 Å². The second-order valence-corrected chi connectivity index (χ2v) is 4.99. The number of benzene rings is 1. The van der Waals surface area contributed by atoms with E-state index in [-0.39, 0.29) is 18.2 Å². The molecule has 0 unspecified atom stereocenters. The van der Waals surface area contributed by atoms with E-state index in [1.165, 1.54) is 31.4 Å². The molecule has 126 valence electrons. The average molecular weight is 324 g/mol. The summed E-state index contributed by atoms with van der Waals surface area (Å²) >= 11 is 0. The first-order valence-electron chi connectivity index (χ1n) is 7.13. The molecular weight excluding hydrogens is 304 g/mol. The van der Waals surface area contributed by atoms with Crippen molar-refractivity contribution in [1.82, 2.24) is 5.32 Å². The third-order valence-corrected chi connectivity index (χ3v) is 3.40. The lowest BCUT2D eigenvalue weighted by Crippen LogP contribution is -2.47. The van der Waals surface area contributed by atoms with Crippen LogP contribution in [0.5, 0.6) is 5.75 Å². The molecule has 0 heterocycles. The maximum absolute atomic E-state index is 11.9. The zero-order chi connectivity index (χ0) is 17.4. The second kappa shape index (κ2) is 8.72. The first kappa shape index (κ1) is 18.4. The van der Waals surface area contributed by atoms with E-state index in [2.05, 4.69) is 10.1 Å². The Labute approximate surface area is 133 Å². The van der Waals surface area contributed by atoms with Crippen LogP contribution in [0, 0.1) is 16.0 Å². The van der Waals surface area contributed by atoms with Crippen molar-refractivity contribution in [3.05, 3.63) is 34.4 Å². The highest BCUT2D eigenvalue weighted by Crippen LogP contribution is 2.17. The van der Waals surface area contributed by atoms with Gasteiger partial charge in [-0.2, -0.15) is 0 Å². The number of carbonyl (C=O) groups is 2. The number of ether oxygens (including phenoxy) is 2. The van der Waals surface area contributed by atoms with Gasteiger partial charge in [-0.3, -0.25) is 14.9 Å². The van der Waals surface area contributed by atoms with Gasteiger partial charge in [-0.1, -0.05) is 20.3 Å². The highest BCUT2D eigenvalue weighted by molar-refractivity contribution is 5.85. The van der Waals surface area contributed by atoms with Crippen LogP contribution in [0.4, 0.5) is 5.69 Å². The van der Waals surface area contributed by atoms with Gasteiger partial charge < -0.3 is 14.8 Å². The minimum atomic E-state index is -0.738. The number of nitro groups is 1. The Kier molecular flexibility index (Phi) is 6.98. The highest BCUT2D eigenvalue weighted by atomic mass is 16.6. The fraction of sp³-hybridized carbons (Fsp3) is 0.467. The van der Waals surface area contributed by atoms with E-state index in [1.807, 2.05) is 13.8 Å². The summed E-state index contributed by atoms with van der Waals surface area (Å²) in [5, 5.41) is 13.1. The lowest BCUT2D eigenvalue weighted by molar-refractivity contribution is -0.384. The summed E-state index contributed by atoms with van der Waals surface area (Å²) in [5.41, 5.74) is -0.0654. The molecule has 1 amide bonds. The van der Waals surface area contributed by atoms with Crippen molar-refractivity contribution in [2.45, 2.75) is 26.3 Å². The Morgan fingerprint density at radius 1 is 1.30 bits per heavy atom. The monoisotopic (exact) mass is 324 g/mol. The summed E-state index contributed by atoms with van der Waals surface area (Å²) < 4.78 is 9.92. The lowest BCUT2D eigenvalue weighted by atomic mass is 9.99. The Morgan fingerprint density at radius 3 is 2.39 bits per heavy atom. The van der Waals surface area contributed by atoms with Gasteiger partial charge in [0, 0.05) is 12.1 Å². The molecule has 0 aromatic heterocycles. The van der Waals surface area contributed by atoms with Gasteiger partial charge in [0.1, 0.15) is 11.8 Å². The normalized spacial score (nSPS) is 12.8. The van der Waals surface area contributed by atoms with Crippen LogP contribution in [-0.2, 0) is 14.3 Å². The highest BCUT2D eigenvalue weighted by Gasteiger charge is 2.26. The lowest BCUT2D eigenvalue weighted by Gasteiger charge is -2.21. The van der Waals surface area contributed by atoms with Crippen molar-refractivity contribution < 1.29 is 24.0 Å². The van der Waals surface area contributed by atoms with E-state index in [4.69, 9.17) is 4.74 Å². The number of esters is 1. The molecule has 23 heavy (non-hydrogen) atoms. The number of nitrogens with one attached hydrogen (secondary N) is 1. The number of amides is 1. The van der Waals surface area contributed by atoms with Gasteiger partial charge in [0.25, 0.3) is 11.6 Å². The summed E-state index contributed by atoms with van der Waals surface area (Å²) in [7, 11) is 1.26. The van der Waals surface area contributed by atoms with Gasteiger partial charge in [0.2, 0.25) is 0 Å². The van der Waals surface area contributed by atoms with E-state index >= 15 is 0 Å². The predicted octanol–water partition coefficient (Wildman–Crippen LogP) is 1.68. The van der Waals surface area contributed by atoms with E-state index in [0.717, 1.165) is 0 Å². The Hall–Kier alpha value is -2.64. The van der Waals surface area contributed by atoms with Gasteiger partial charge >= 0.3 is 5.97 Å². The van der Waals surface area contributed by atoms with Crippen LogP contribution in [0.15, 0.2) is 24.3 Å². The van der Waals surface area contributed by atoms with E-state index in [9.17, 15) is 19.7 Å². The molecule has 1 N–H and O–H groups in total. The summed E-state index contributed by atoms with van der Waals surface area (Å²) in [4.78, 5) is 33.6. The van der Waals surface area contributed by atoms with Crippen LogP contribution < -0.4 is 10.1 Å². The minimum absolute atomic E-state index is 0.0654. The number of hydrogen-bond donors (Lipinski definition) is 1. The molecule has 0 fully saturated rings. The number of nitrogens with zero attached hydrogens (tertiary/aromatic N) is 1. The molecule has 8 nitrogen and oxygen atoms in total. The number of carbonyl (C=O) groups excluding carboxylic acids is 2. The molecular formula is C15H20N2O6. The van der Waals surface area contributed by atoms with Crippen LogP contribution in [0.25, 0.3) is 0 Å². The van der Waals surface area contributed by atoms with E-state index < -0.39 is 22.8 Å². The van der Waals surface area contributed by atoms with Gasteiger partial charge in [-0.15, -0.1) is 0 Å². The van der Waals surface area contributed by atoms with Gasteiger partial charge in [0.15, 0.2) is 6.61 Å². The second-order valence-electron chi connectivity index (χ2n) is 4.99. The topological polar surface area (TPSA) is 108 Å². The molecule has 8 heteroatoms. The number of nitro benzene ring substituents is 1. The van der Waals surface area contributed by atoms with Crippen molar-refractivity contribution >= 4 is 17.6 Å². The predicted molar refractivity (Wildman–Crippen MR) is 82.0 cm³/mol. The number of hydrogen-bond acceptors (Lipinski definition) is 6. The average Bonchev–Trinajstić information content (AvgIpc) is 2.56. The van der Waals surface area contributed by atoms with Crippen LogP contribution in [-0.4, -0.2) is 36.6 Å². The number of rotatable bonds is 8. The fourth-order valence-electron chi connectivity index (χ4n) is 1.82. The third kappa shape index (κ3) is 5.57. The number of non-ortho nitro benzene ring substituents is 1. The quantitative estimate of drug-likeness (QED) is 0.443. The Bertz CT molecular complexity index is 558. The fourth-order valence-corrected chi connectivity index (χ4v) is 1.82. The zero-order valence-corrected chi connectivity index (χ0v) is 13.3. The SMILES string of the molecule is CC[C@@H](C)[C@H](NC(=O)COc1ccc([N+](=O)[O-])cc1)C(=O)OC. The molecule has 0 aliphatic heterocycles. The molecule has 1 aromatic carbocycles. The zero-order valence-electron chi connectivity index (χ0n) is 13.3. The Balaban J connectivity index is 2.58. The molecule has 0 saturated heterocycles. The first-order chi connectivity index (χ1) is 10.9. The maximum Gasteiger partial charge on any atom is 0.328 e. The van der Waals surface area contributed by atoms with Crippen LogP contribution in [0.2, 0.25) is 0 Å². The standard InChI is InChI=1S/C15H20N2O6/c1-4-10(2)14(15(19)22-3)16-13(18)9-23-12-7-5-11(6-8-12)17(20)21/h5-8,10,14H,4,9H2,1-3H3,(H,16,18)/t10-,14+/m1/s1. The minimum Gasteiger partial charge on any atom is -0.484 e. The van der Waals surface area contributed by atoms with Crippen LogP contribution in [0.1, 0.15) is 20.3 Å². The molecule has 2 atom stereocenters. The molecule has 0 aliphatic rings. The third-order valence-electron chi connectivity index (χ3n) is 3.40. The summed E-state index contributed by atoms with van der Waals surface area (Å²) in [6.45, 7) is 3.43. The largest absolute Gasteiger partial charge is 0.484 e. The van der Waals surface area contributed by atoms with Crippen LogP contribution in [0.3, 0.4) is 0 Å². The molecule has 0 radical (unpaired) electrons. The molecule has 0 aliphatic carbocycles. The van der Waals surface area contributed by atoms with Crippen molar-refractivity contribution in [2.24, 2.45) is 5.92 Å². The molecule has 0 spiro atoms. The maximum atomic E-state index is 11.9. The summed E-state index contributed by atoms with van der Waals surface area (Å²) in [5.74, 6) is -0.739. The molecule has 0 saturated carbocycles.